The van der Waals surface area contributed by atoms with Gasteiger partial charge in [0, 0.05) is 19.8 Å². The van der Waals surface area contributed by atoms with Crippen LogP contribution < -0.4 is 0 Å². The van der Waals surface area contributed by atoms with Gasteiger partial charge in [-0.3, -0.25) is 4.21 Å². The molecule has 1 amide bonds. The Morgan fingerprint density at radius 2 is 2.00 bits per heavy atom. The molecule has 106 valence electrons. The van der Waals surface area contributed by atoms with Crippen LogP contribution in [0.3, 0.4) is 0 Å². The number of hydrogen-bond donors (Lipinski definition) is 0. The van der Waals surface area contributed by atoms with Crippen molar-refractivity contribution < 1.29 is 18.1 Å². The van der Waals surface area contributed by atoms with Crippen molar-refractivity contribution in [1.82, 2.24) is 4.90 Å². The van der Waals surface area contributed by atoms with E-state index in [0.717, 1.165) is 31.8 Å². The van der Waals surface area contributed by atoms with Crippen LogP contribution in [-0.4, -0.2) is 41.7 Å². The Bertz CT molecular complexity index is 306. The van der Waals surface area contributed by atoms with Gasteiger partial charge in [0.2, 0.25) is 0 Å². The summed E-state index contributed by atoms with van der Waals surface area (Å²) < 4.78 is 29.4. The van der Waals surface area contributed by atoms with Crippen LogP contribution in [0.2, 0.25) is 0 Å². The number of halogens is 1. The third-order valence-corrected chi connectivity index (χ3v) is 3.48. The highest BCUT2D eigenvalue weighted by molar-refractivity contribution is 7.88. The predicted octanol–water partition coefficient (Wildman–Crippen LogP) is 2.82. The first-order chi connectivity index (χ1) is 8.49. The molecular weight excluding hydrogens is 257 g/mol. The summed E-state index contributed by atoms with van der Waals surface area (Å²) in [5.74, 6) is 0.323. The van der Waals surface area contributed by atoms with Crippen LogP contribution in [0.4, 0.5) is 9.18 Å². The van der Waals surface area contributed by atoms with E-state index in [1.54, 1.807) is 0 Å². The van der Waals surface area contributed by atoms with E-state index in [9.17, 15) is 13.4 Å². The molecule has 0 aromatic rings. The van der Waals surface area contributed by atoms with Gasteiger partial charge in [-0.2, -0.15) is 4.39 Å². The summed E-state index contributed by atoms with van der Waals surface area (Å²) in [5, 5.41) is -0.710. The second-order valence-electron chi connectivity index (χ2n) is 4.09. The largest absolute Gasteiger partial charge is 0.445 e. The van der Waals surface area contributed by atoms with Gasteiger partial charge in [-0.05, 0) is 12.5 Å². The average Bonchev–Trinajstić information content (AvgIpc) is 2.33. The van der Waals surface area contributed by atoms with Gasteiger partial charge in [0.15, 0.2) is 5.16 Å². The Labute approximate surface area is 111 Å². The number of ether oxygens (including phenoxy) is 1. The zero-order valence-corrected chi connectivity index (χ0v) is 12.1. The first-order valence-corrected chi connectivity index (χ1v) is 7.39. The number of nitrogens with zero attached hydrogens (tertiary/aromatic N) is 1. The molecule has 0 rings (SSSR count). The van der Waals surface area contributed by atoms with Crippen molar-refractivity contribution in [3.05, 3.63) is 11.2 Å². The molecule has 0 heterocycles. The molecule has 0 aliphatic rings. The van der Waals surface area contributed by atoms with Crippen molar-refractivity contribution in [1.29, 1.82) is 0 Å². The maximum Gasteiger partial charge on any atom is 0.409 e. The van der Waals surface area contributed by atoms with Gasteiger partial charge in [-0.25, -0.2) is 4.79 Å². The molecule has 0 bridgehead atoms. The first kappa shape index (κ1) is 17.1. The molecule has 0 radical (unpaired) electrons. The molecule has 6 heteroatoms. The minimum absolute atomic E-state index is 0.191. The van der Waals surface area contributed by atoms with E-state index in [1.807, 2.05) is 0 Å². The maximum atomic E-state index is 13.3. The molecule has 0 spiro atoms. The summed E-state index contributed by atoms with van der Waals surface area (Å²) in [6, 6.07) is 0. The number of amides is 1. The molecule has 18 heavy (non-hydrogen) atoms. The van der Waals surface area contributed by atoms with Crippen molar-refractivity contribution in [2.45, 2.75) is 32.6 Å². The van der Waals surface area contributed by atoms with Crippen LogP contribution in [0.25, 0.3) is 0 Å². The van der Waals surface area contributed by atoms with Gasteiger partial charge in [0.1, 0.15) is 6.61 Å². The molecule has 0 aliphatic heterocycles. The minimum atomic E-state index is -1.60. The topological polar surface area (TPSA) is 46.6 Å². The summed E-state index contributed by atoms with van der Waals surface area (Å²) in [4.78, 5) is 12.3. The summed E-state index contributed by atoms with van der Waals surface area (Å²) in [6.45, 7) is 1.89. The number of carbonyl (C=O) groups is 1. The fraction of sp³-hybridized carbons (Fsp3) is 0.750. The van der Waals surface area contributed by atoms with Gasteiger partial charge in [-0.1, -0.05) is 26.2 Å². The third kappa shape index (κ3) is 8.22. The molecule has 4 nitrogen and oxygen atoms in total. The standard InChI is InChI=1S/C12H22FNO3S/c1-4-5-6-7-10-18(16)11(13)8-9-17-12(15)14(2)3/h8H,4-7,9-10H2,1-3H3. The SMILES string of the molecule is CCCCCCS(=O)C(F)=CCOC(=O)N(C)C. The zero-order valence-electron chi connectivity index (χ0n) is 11.3. The Hall–Kier alpha value is -0.910. The van der Waals surface area contributed by atoms with E-state index in [0.29, 0.717) is 5.75 Å². The van der Waals surface area contributed by atoms with Gasteiger partial charge in [0.05, 0.1) is 10.8 Å². The van der Waals surface area contributed by atoms with Gasteiger partial charge in [0.25, 0.3) is 0 Å². The van der Waals surface area contributed by atoms with Gasteiger partial charge in [-0.15, -0.1) is 0 Å². The summed E-state index contributed by atoms with van der Waals surface area (Å²) >= 11 is 0. The summed E-state index contributed by atoms with van der Waals surface area (Å²) in [6.07, 6.45) is 4.38. The third-order valence-electron chi connectivity index (χ3n) is 2.22. The highest BCUT2D eigenvalue weighted by atomic mass is 32.2. The molecule has 1 atom stereocenters. The lowest BCUT2D eigenvalue weighted by Gasteiger charge is -2.09. The molecule has 0 saturated heterocycles. The van der Waals surface area contributed by atoms with E-state index in [-0.39, 0.29) is 6.61 Å². The van der Waals surface area contributed by atoms with E-state index in [2.05, 4.69) is 6.92 Å². The van der Waals surface area contributed by atoms with Gasteiger partial charge < -0.3 is 9.64 Å². The van der Waals surface area contributed by atoms with Crippen molar-refractivity contribution >= 4 is 16.9 Å². The predicted molar refractivity (Wildman–Crippen MR) is 71.4 cm³/mol. The molecule has 0 aromatic heterocycles. The molecule has 0 aromatic carbocycles. The molecule has 0 N–H and O–H groups in total. The fourth-order valence-electron chi connectivity index (χ4n) is 1.16. The van der Waals surface area contributed by atoms with E-state index < -0.39 is 22.1 Å². The smallest absolute Gasteiger partial charge is 0.409 e. The lowest BCUT2D eigenvalue weighted by Crippen LogP contribution is -2.22. The van der Waals surface area contributed by atoms with Crippen molar-refractivity contribution in [3.8, 4) is 0 Å². The Balaban J connectivity index is 3.87. The summed E-state index contributed by atoms with van der Waals surface area (Å²) in [5.41, 5.74) is 0. The molecule has 0 aliphatic carbocycles. The molecule has 1 unspecified atom stereocenters. The van der Waals surface area contributed by atoms with Crippen molar-refractivity contribution in [2.24, 2.45) is 0 Å². The van der Waals surface area contributed by atoms with Crippen molar-refractivity contribution in [2.75, 3.05) is 26.5 Å². The van der Waals surface area contributed by atoms with Crippen molar-refractivity contribution in [3.63, 3.8) is 0 Å². The Kier molecular flexibility index (Phi) is 9.55. The molecule has 0 fully saturated rings. The molecule has 0 saturated carbocycles. The average molecular weight is 279 g/mol. The van der Waals surface area contributed by atoms with Gasteiger partial charge >= 0.3 is 6.09 Å². The van der Waals surface area contributed by atoms with Crippen LogP contribution in [0.5, 0.6) is 0 Å². The highest BCUT2D eigenvalue weighted by Crippen LogP contribution is 2.08. The summed E-state index contributed by atoms with van der Waals surface area (Å²) in [7, 11) is 1.47. The van der Waals surface area contributed by atoms with E-state index >= 15 is 0 Å². The Morgan fingerprint density at radius 3 is 2.56 bits per heavy atom. The number of rotatable bonds is 8. The second kappa shape index (κ2) is 10.1. The lowest BCUT2D eigenvalue weighted by molar-refractivity contribution is 0.129. The zero-order chi connectivity index (χ0) is 14.0. The maximum absolute atomic E-state index is 13.3. The van der Waals surface area contributed by atoms with E-state index in [1.165, 1.54) is 19.0 Å². The fourth-order valence-corrected chi connectivity index (χ4v) is 2.07. The normalized spacial score (nSPS) is 13.2. The Morgan fingerprint density at radius 1 is 1.33 bits per heavy atom. The van der Waals surface area contributed by atoms with Crippen LogP contribution in [0.1, 0.15) is 32.6 Å². The first-order valence-electron chi connectivity index (χ1n) is 6.07. The number of carbonyl (C=O) groups excluding carboxylic acids is 1. The lowest BCUT2D eigenvalue weighted by atomic mass is 10.2. The minimum Gasteiger partial charge on any atom is -0.445 e. The van der Waals surface area contributed by atoms with Crippen LogP contribution in [0, 0.1) is 0 Å². The highest BCUT2D eigenvalue weighted by Gasteiger charge is 2.07. The second-order valence-corrected chi connectivity index (χ2v) is 5.58. The monoisotopic (exact) mass is 279 g/mol. The van der Waals surface area contributed by atoms with Crippen LogP contribution >= 0.6 is 0 Å². The quantitative estimate of drug-likeness (QED) is 0.642. The van der Waals surface area contributed by atoms with E-state index in [4.69, 9.17) is 4.74 Å². The molecular formula is C12H22FNO3S. The van der Waals surface area contributed by atoms with Crippen LogP contribution in [0.15, 0.2) is 11.2 Å². The van der Waals surface area contributed by atoms with Crippen LogP contribution in [-0.2, 0) is 15.5 Å². The number of unbranched alkanes of at least 4 members (excludes halogenated alkanes) is 3. The number of hydrogen-bond acceptors (Lipinski definition) is 3.